The van der Waals surface area contributed by atoms with Gasteiger partial charge in [0.2, 0.25) is 0 Å². The van der Waals surface area contributed by atoms with E-state index in [1.165, 1.54) is 67.6 Å². The van der Waals surface area contributed by atoms with Crippen molar-refractivity contribution in [3.05, 3.63) is 32.7 Å². The lowest BCUT2D eigenvalue weighted by Gasteiger charge is -2.46. The quantitative estimate of drug-likeness (QED) is 0.828. The molecule has 0 bridgehead atoms. The number of thiazole rings is 2. The Balaban J connectivity index is 1.25. The Bertz CT molecular complexity index is 634. The van der Waals surface area contributed by atoms with Crippen LogP contribution in [0.15, 0.2) is 17.0 Å². The molecule has 0 radical (unpaired) electrons. The van der Waals surface area contributed by atoms with E-state index in [1.807, 2.05) is 6.20 Å². The van der Waals surface area contributed by atoms with Crippen LogP contribution in [0.5, 0.6) is 0 Å². The Morgan fingerprint density at radius 3 is 2.21 bits per heavy atom. The van der Waals surface area contributed by atoms with Crippen molar-refractivity contribution >= 4 is 22.7 Å². The monoisotopic (exact) mass is 362 g/mol. The molecule has 0 N–H and O–H groups in total. The highest BCUT2D eigenvalue weighted by atomic mass is 32.1. The molecule has 0 unspecified atom stereocenters. The fourth-order valence-electron chi connectivity index (χ4n) is 4.10. The van der Waals surface area contributed by atoms with Crippen molar-refractivity contribution in [2.24, 2.45) is 5.41 Å². The molecule has 2 aliphatic heterocycles. The predicted octanol–water partition coefficient (Wildman–Crippen LogP) is 3.79. The Hall–Kier alpha value is -0.820. The summed E-state index contributed by atoms with van der Waals surface area (Å²) in [6.07, 6.45) is 7.37. The number of piperidine rings is 2. The molecule has 0 atom stereocenters. The first kappa shape index (κ1) is 16.6. The van der Waals surface area contributed by atoms with Crippen LogP contribution in [0.3, 0.4) is 0 Å². The third kappa shape index (κ3) is 3.87. The molecule has 2 saturated heterocycles. The van der Waals surface area contributed by atoms with E-state index in [4.69, 9.17) is 0 Å². The van der Waals surface area contributed by atoms with Gasteiger partial charge in [0.1, 0.15) is 5.01 Å². The molecule has 2 aromatic heterocycles. The number of rotatable bonds is 4. The largest absolute Gasteiger partial charge is 0.297 e. The maximum absolute atomic E-state index is 4.62. The molecule has 0 amide bonds. The van der Waals surface area contributed by atoms with Crippen molar-refractivity contribution in [2.45, 2.75) is 45.7 Å². The van der Waals surface area contributed by atoms with Crippen molar-refractivity contribution in [3.63, 3.8) is 0 Å². The molecule has 2 fully saturated rings. The SMILES string of the molecule is Cc1nc(CN2CCC3(CC2)CCN(Cc2nccs2)CC3)cs1. The van der Waals surface area contributed by atoms with E-state index in [1.54, 1.807) is 22.7 Å². The Kier molecular flexibility index (Phi) is 4.99. The van der Waals surface area contributed by atoms with Crippen molar-refractivity contribution < 1.29 is 0 Å². The molecule has 6 heteroatoms. The molecule has 24 heavy (non-hydrogen) atoms. The Labute approximate surface area is 152 Å². The van der Waals surface area contributed by atoms with Crippen LogP contribution < -0.4 is 0 Å². The summed E-state index contributed by atoms with van der Waals surface area (Å²) in [5.74, 6) is 0. The number of nitrogens with zero attached hydrogens (tertiary/aromatic N) is 4. The van der Waals surface area contributed by atoms with Gasteiger partial charge in [-0.25, -0.2) is 9.97 Å². The molecule has 2 aliphatic rings. The zero-order valence-corrected chi connectivity index (χ0v) is 16.0. The van der Waals surface area contributed by atoms with Crippen molar-refractivity contribution in [3.8, 4) is 0 Å². The molecular weight excluding hydrogens is 336 g/mol. The van der Waals surface area contributed by atoms with Gasteiger partial charge < -0.3 is 0 Å². The molecule has 4 rings (SSSR count). The highest BCUT2D eigenvalue weighted by molar-refractivity contribution is 7.09. The summed E-state index contributed by atoms with van der Waals surface area (Å²) in [6, 6.07) is 0. The van der Waals surface area contributed by atoms with Crippen LogP contribution in [0.2, 0.25) is 0 Å². The van der Waals surface area contributed by atoms with Crippen molar-refractivity contribution in [2.75, 3.05) is 26.2 Å². The smallest absolute Gasteiger partial charge is 0.107 e. The zero-order chi connectivity index (χ0) is 16.4. The zero-order valence-electron chi connectivity index (χ0n) is 14.4. The average molecular weight is 363 g/mol. The minimum atomic E-state index is 0.605. The van der Waals surface area contributed by atoms with Gasteiger partial charge in [-0.2, -0.15) is 0 Å². The summed E-state index contributed by atoms with van der Waals surface area (Å²) in [5.41, 5.74) is 1.86. The molecular formula is C18H26N4S2. The van der Waals surface area contributed by atoms with Gasteiger partial charge in [0.05, 0.1) is 17.2 Å². The highest BCUT2D eigenvalue weighted by Crippen LogP contribution is 2.41. The first-order valence-corrected chi connectivity index (χ1v) is 10.7. The van der Waals surface area contributed by atoms with Gasteiger partial charge >= 0.3 is 0 Å². The third-order valence-electron chi connectivity index (χ3n) is 5.73. The number of aromatic nitrogens is 2. The number of aryl methyl sites for hydroxylation is 1. The summed E-state index contributed by atoms with van der Waals surface area (Å²) in [5, 5.41) is 6.75. The molecule has 130 valence electrons. The Morgan fingerprint density at radius 1 is 1.00 bits per heavy atom. The summed E-state index contributed by atoms with van der Waals surface area (Å²) in [7, 11) is 0. The lowest BCUT2D eigenvalue weighted by atomic mass is 9.71. The van der Waals surface area contributed by atoms with Gasteiger partial charge in [0, 0.05) is 23.5 Å². The normalized spacial score (nSPS) is 22.2. The average Bonchev–Trinajstić information content (AvgIpc) is 3.24. The highest BCUT2D eigenvalue weighted by Gasteiger charge is 2.37. The molecule has 2 aromatic rings. The van der Waals surface area contributed by atoms with E-state index in [0.717, 1.165) is 13.1 Å². The van der Waals surface area contributed by atoms with Crippen LogP contribution in [0.25, 0.3) is 0 Å². The van der Waals surface area contributed by atoms with Gasteiger partial charge in [-0.05, 0) is 64.2 Å². The van der Waals surface area contributed by atoms with Crippen LogP contribution in [-0.2, 0) is 13.1 Å². The first-order chi connectivity index (χ1) is 11.7. The van der Waals surface area contributed by atoms with Crippen molar-refractivity contribution in [1.29, 1.82) is 0 Å². The lowest BCUT2D eigenvalue weighted by Crippen LogP contribution is -2.46. The van der Waals surface area contributed by atoms with E-state index in [9.17, 15) is 0 Å². The van der Waals surface area contributed by atoms with E-state index < -0.39 is 0 Å². The molecule has 4 nitrogen and oxygen atoms in total. The summed E-state index contributed by atoms with van der Waals surface area (Å²) in [4.78, 5) is 14.2. The number of hydrogen-bond acceptors (Lipinski definition) is 6. The first-order valence-electron chi connectivity index (χ1n) is 8.95. The van der Waals surface area contributed by atoms with E-state index in [0.29, 0.717) is 5.41 Å². The molecule has 0 aromatic carbocycles. The second-order valence-electron chi connectivity index (χ2n) is 7.34. The third-order valence-corrected chi connectivity index (χ3v) is 7.31. The van der Waals surface area contributed by atoms with Crippen molar-refractivity contribution in [1.82, 2.24) is 19.8 Å². The van der Waals surface area contributed by atoms with Crippen LogP contribution in [0.4, 0.5) is 0 Å². The fourth-order valence-corrected chi connectivity index (χ4v) is 5.36. The van der Waals surface area contributed by atoms with E-state index in [-0.39, 0.29) is 0 Å². The van der Waals surface area contributed by atoms with Crippen LogP contribution >= 0.6 is 22.7 Å². The second kappa shape index (κ2) is 7.20. The van der Waals surface area contributed by atoms with Gasteiger partial charge in [0.25, 0.3) is 0 Å². The maximum Gasteiger partial charge on any atom is 0.107 e. The minimum absolute atomic E-state index is 0.605. The topological polar surface area (TPSA) is 32.3 Å². The second-order valence-corrected chi connectivity index (χ2v) is 9.38. The number of hydrogen-bond donors (Lipinski definition) is 0. The number of likely N-dealkylation sites (tertiary alicyclic amines) is 2. The van der Waals surface area contributed by atoms with Crippen LogP contribution in [0.1, 0.15) is 41.4 Å². The van der Waals surface area contributed by atoms with Crippen LogP contribution in [0, 0.1) is 12.3 Å². The van der Waals surface area contributed by atoms with E-state index >= 15 is 0 Å². The minimum Gasteiger partial charge on any atom is -0.297 e. The van der Waals surface area contributed by atoms with E-state index in [2.05, 4.69) is 37.5 Å². The summed E-state index contributed by atoms with van der Waals surface area (Å²) >= 11 is 3.55. The molecule has 4 heterocycles. The molecule has 0 saturated carbocycles. The van der Waals surface area contributed by atoms with Gasteiger partial charge in [-0.1, -0.05) is 0 Å². The maximum atomic E-state index is 4.62. The summed E-state index contributed by atoms with van der Waals surface area (Å²) < 4.78 is 0. The summed E-state index contributed by atoms with van der Waals surface area (Å²) in [6.45, 7) is 9.14. The molecule has 0 aliphatic carbocycles. The Morgan fingerprint density at radius 2 is 1.67 bits per heavy atom. The predicted molar refractivity (Wildman–Crippen MR) is 100 cm³/mol. The van der Waals surface area contributed by atoms with Gasteiger partial charge in [-0.15, -0.1) is 22.7 Å². The molecule has 1 spiro atoms. The van der Waals surface area contributed by atoms with Gasteiger partial charge in [-0.3, -0.25) is 9.80 Å². The lowest BCUT2D eigenvalue weighted by molar-refractivity contribution is 0.0296. The fraction of sp³-hybridized carbons (Fsp3) is 0.667. The van der Waals surface area contributed by atoms with Crippen LogP contribution in [-0.4, -0.2) is 45.9 Å². The van der Waals surface area contributed by atoms with Gasteiger partial charge in [0.15, 0.2) is 0 Å². The standard InChI is InChI=1S/C18H26N4S2/c1-15-20-16(14-24-15)12-21-7-2-18(3-8-21)4-9-22(10-5-18)13-17-19-6-11-23-17/h6,11,14H,2-5,7-10,12-13H2,1H3.